The van der Waals surface area contributed by atoms with Crippen molar-refractivity contribution in [3.05, 3.63) is 29.8 Å². The van der Waals surface area contributed by atoms with E-state index in [4.69, 9.17) is 10.5 Å². The van der Waals surface area contributed by atoms with Gasteiger partial charge in [-0.15, -0.1) is 0 Å². The molecule has 0 fully saturated rings. The second-order valence-electron chi connectivity index (χ2n) is 4.08. The number of ether oxygens (including phenoxy) is 1. The third kappa shape index (κ3) is 2.38. The SMILES string of the molecule is CCOc1c(C)c(NCCN)nc2ccccc12. The molecule has 0 radical (unpaired) electrons. The molecule has 0 aliphatic carbocycles. The van der Waals surface area contributed by atoms with E-state index in [0.29, 0.717) is 19.7 Å². The summed E-state index contributed by atoms with van der Waals surface area (Å²) in [7, 11) is 0. The molecule has 0 spiro atoms. The highest BCUT2D eigenvalue weighted by Gasteiger charge is 2.11. The van der Waals surface area contributed by atoms with Gasteiger partial charge in [0.15, 0.2) is 0 Å². The van der Waals surface area contributed by atoms with Crippen LogP contribution in [-0.2, 0) is 0 Å². The molecule has 4 nitrogen and oxygen atoms in total. The number of nitrogens with zero attached hydrogens (tertiary/aromatic N) is 1. The van der Waals surface area contributed by atoms with Gasteiger partial charge in [-0.25, -0.2) is 4.98 Å². The Bertz CT molecular complexity index is 540. The number of aromatic nitrogens is 1. The number of benzene rings is 1. The molecule has 3 N–H and O–H groups in total. The van der Waals surface area contributed by atoms with Gasteiger partial charge in [-0.3, -0.25) is 0 Å². The summed E-state index contributed by atoms with van der Waals surface area (Å²) in [5.41, 5.74) is 7.48. The van der Waals surface area contributed by atoms with Crippen LogP contribution in [0.1, 0.15) is 12.5 Å². The highest BCUT2D eigenvalue weighted by molar-refractivity contribution is 5.88. The summed E-state index contributed by atoms with van der Waals surface area (Å²) in [6, 6.07) is 8.00. The van der Waals surface area contributed by atoms with Crippen molar-refractivity contribution in [1.82, 2.24) is 4.98 Å². The van der Waals surface area contributed by atoms with Crippen molar-refractivity contribution >= 4 is 16.7 Å². The molecule has 0 bridgehead atoms. The van der Waals surface area contributed by atoms with Gasteiger partial charge in [0.25, 0.3) is 0 Å². The Hall–Kier alpha value is -1.81. The number of nitrogens with one attached hydrogen (secondary N) is 1. The number of anilines is 1. The van der Waals surface area contributed by atoms with Crippen LogP contribution < -0.4 is 15.8 Å². The molecule has 0 unspecified atom stereocenters. The third-order valence-electron chi connectivity index (χ3n) is 2.80. The fourth-order valence-electron chi connectivity index (χ4n) is 1.97. The maximum absolute atomic E-state index is 5.76. The molecule has 96 valence electrons. The van der Waals surface area contributed by atoms with Crippen LogP contribution >= 0.6 is 0 Å². The van der Waals surface area contributed by atoms with Crippen molar-refractivity contribution in [2.45, 2.75) is 13.8 Å². The van der Waals surface area contributed by atoms with E-state index in [1.165, 1.54) is 0 Å². The van der Waals surface area contributed by atoms with Crippen LogP contribution in [0.25, 0.3) is 10.9 Å². The van der Waals surface area contributed by atoms with Gasteiger partial charge in [0.2, 0.25) is 0 Å². The second kappa shape index (κ2) is 5.69. The average molecular weight is 245 g/mol. The number of rotatable bonds is 5. The minimum absolute atomic E-state index is 0.581. The van der Waals surface area contributed by atoms with Crippen LogP contribution in [-0.4, -0.2) is 24.7 Å². The molecule has 0 saturated carbocycles. The first-order chi connectivity index (χ1) is 8.77. The van der Waals surface area contributed by atoms with Crippen molar-refractivity contribution in [3.8, 4) is 5.75 Å². The number of nitrogens with two attached hydrogens (primary N) is 1. The van der Waals surface area contributed by atoms with Crippen LogP contribution in [0.3, 0.4) is 0 Å². The summed E-state index contributed by atoms with van der Waals surface area (Å²) in [6.07, 6.45) is 0. The number of para-hydroxylation sites is 1. The van der Waals surface area contributed by atoms with Gasteiger partial charge in [0.05, 0.1) is 12.1 Å². The Kier molecular flexibility index (Phi) is 3.99. The average Bonchev–Trinajstić information content (AvgIpc) is 2.40. The summed E-state index contributed by atoms with van der Waals surface area (Å²) < 4.78 is 5.76. The quantitative estimate of drug-likeness (QED) is 0.848. The Morgan fingerprint density at radius 3 is 2.83 bits per heavy atom. The summed E-state index contributed by atoms with van der Waals surface area (Å²) in [4.78, 5) is 4.61. The van der Waals surface area contributed by atoms with Crippen LogP contribution in [0.4, 0.5) is 5.82 Å². The Balaban J connectivity index is 2.55. The molecule has 2 rings (SSSR count). The standard InChI is InChI=1S/C14H19N3O/c1-3-18-13-10(2)14(16-9-8-15)17-12-7-5-4-6-11(12)13/h4-7H,3,8-9,15H2,1-2H3,(H,16,17). The zero-order valence-electron chi connectivity index (χ0n) is 10.9. The number of fused-ring (bicyclic) bond motifs is 1. The monoisotopic (exact) mass is 245 g/mol. The van der Waals surface area contributed by atoms with Crippen molar-refractivity contribution in [2.24, 2.45) is 5.73 Å². The molecule has 18 heavy (non-hydrogen) atoms. The summed E-state index contributed by atoms with van der Waals surface area (Å²) in [5.74, 6) is 1.75. The molecule has 0 saturated heterocycles. The Labute approximate surface area is 107 Å². The van der Waals surface area contributed by atoms with Gasteiger partial charge >= 0.3 is 0 Å². The van der Waals surface area contributed by atoms with E-state index in [1.807, 2.05) is 38.1 Å². The molecule has 0 amide bonds. The molecule has 0 aliphatic rings. The van der Waals surface area contributed by atoms with Crippen molar-refractivity contribution in [3.63, 3.8) is 0 Å². The topological polar surface area (TPSA) is 60.2 Å². The van der Waals surface area contributed by atoms with Gasteiger partial charge in [0.1, 0.15) is 11.6 Å². The summed E-state index contributed by atoms with van der Waals surface area (Å²) in [6.45, 7) is 5.94. The van der Waals surface area contributed by atoms with Gasteiger partial charge in [0, 0.05) is 24.0 Å². The summed E-state index contributed by atoms with van der Waals surface area (Å²) >= 11 is 0. The lowest BCUT2D eigenvalue weighted by Gasteiger charge is -2.15. The van der Waals surface area contributed by atoms with Gasteiger partial charge in [-0.05, 0) is 26.0 Å². The number of hydrogen-bond donors (Lipinski definition) is 2. The first-order valence-corrected chi connectivity index (χ1v) is 6.24. The molecule has 0 atom stereocenters. The fraction of sp³-hybridized carbons (Fsp3) is 0.357. The van der Waals surface area contributed by atoms with Crippen molar-refractivity contribution < 1.29 is 4.74 Å². The van der Waals surface area contributed by atoms with Crippen LogP contribution in [0.5, 0.6) is 5.75 Å². The van der Waals surface area contributed by atoms with E-state index in [2.05, 4.69) is 10.3 Å². The number of pyridine rings is 1. The summed E-state index contributed by atoms with van der Waals surface area (Å²) in [5, 5.41) is 4.29. The lowest BCUT2D eigenvalue weighted by molar-refractivity contribution is 0.342. The fourth-order valence-corrected chi connectivity index (χ4v) is 1.97. The maximum Gasteiger partial charge on any atom is 0.135 e. The molecular weight excluding hydrogens is 226 g/mol. The van der Waals surface area contributed by atoms with Crippen molar-refractivity contribution in [2.75, 3.05) is 25.0 Å². The van der Waals surface area contributed by atoms with E-state index in [9.17, 15) is 0 Å². The Morgan fingerprint density at radius 2 is 2.11 bits per heavy atom. The van der Waals surface area contributed by atoms with E-state index in [-0.39, 0.29) is 0 Å². The zero-order chi connectivity index (χ0) is 13.0. The second-order valence-corrected chi connectivity index (χ2v) is 4.08. The van der Waals surface area contributed by atoms with E-state index < -0.39 is 0 Å². The molecule has 1 heterocycles. The van der Waals surface area contributed by atoms with Crippen molar-refractivity contribution in [1.29, 1.82) is 0 Å². The van der Waals surface area contributed by atoms with E-state index in [1.54, 1.807) is 0 Å². The molecular formula is C14H19N3O. The first-order valence-electron chi connectivity index (χ1n) is 6.24. The van der Waals surface area contributed by atoms with Crippen LogP contribution in [0.15, 0.2) is 24.3 Å². The molecule has 1 aromatic carbocycles. The molecule has 2 aromatic rings. The van der Waals surface area contributed by atoms with E-state index >= 15 is 0 Å². The Morgan fingerprint density at radius 1 is 1.33 bits per heavy atom. The normalized spacial score (nSPS) is 10.6. The lowest BCUT2D eigenvalue weighted by Crippen LogP contribution is -2.15. The van der Waals surface area contributed by atoms with Gasteiger partial charge in [-0.2, -0.15) is 0 Å². The molecule has 4 heteroatoms. The van der Waals surface area contributed by atoms with E-state index in [0.717, 1.165) is 28.0 Å². The van der Waals surface area contributed by atoms with Crippen LogP contribution in [0, 0.1) is 6.92 Å². The minimum Gasteiger partial charge on any atom is -0.493 e. The minimum atomic E-state index is 0.581. The highest BCUT2D eigenvalue weighted by atomic mass is 16.5. The zero-order valence-corrected chi connectivity index (χ0v) is 10.9. The van der Waals surface area contributed by atoms with Crippen LogP contribution in [0.2, 0.25) is 0 Å². The lowest BCUT2D eigenvalue weighted by atomic mass is 10.1. The first kappa shape index (κ1) is 12.6. The third-order valence-corrected chi connectivity index (χ3v) is 2.80. The predicted octanol–water partition coefficient (Wildman–Crippen LogP) is 2.31. The number of hydrogen-bond acceptors (Lipinski definition) is 4. The highest BCUT2D eigenvalue weighted by Crippen LogP contribution is 2.32. The largest absolute Gasteiger partial charge is 0.493 e. The smallest absolute Gasteiger partial charge is 0.135 e. The van der Waals surface area contributed by atoms with Gasteiger partial charge in [-0.1, -0.05) is 12.1 Å². The maximum atomic E-state index is 5.76. The predicted molar refractivity (Wildman–Crippen MR) is 75.2 cm³/mol. The molecule has 0 aliphatic heterocycles. The van der Waals surface area contributed by atoms with Gasteiger partial charge < -0.3 is 15.8 Å². The molecule has 1 aromatic heterocycles.